The molecule has 0 saturated carbocycles. The minimum atomic E-state index is -0.0135. The molecular weight excluding hydrogens is 475 g/mol. The van der Waals surface area contributed by atoms with Crippen LogP contribution in [0.15, 0.2) is 46.8 Å². The Bertz CT molecular complexity index is 727. The largest absolute Gasteiger partial charge is 0.488 e. The topological polar surface area (TPSA) is 74.8 Å². The van der Waals surface area contributed by atoms with Crippen LogP contribution in [0.4, 0.5) is 0 Å². The van der Waals surface area contributed by atoms with Crippen molar-refractivity contribution in [3.8, 4) is 5.75 Å². The summed E-state index contributed by atoms with van der Waals surface area (Å²) in [5, 5.41) is 11.4. The number of benzene rings is 1. The maximum Gasteiger partial charge on any atom is 0.261 e. The quantitative estimate of drug-likeness (QED) is 0.237. The molecule has 0 spiro atoms. The number of hydrogen-bond donors (Lipinski definition) is 3. The van der Waals surface area contributed by atoms with Crippen LogP contribution in [0.1, 0.15) is 21.7 Å². The van der Waals surface area contributed by atoms with Crippen LogP contribution in [0.2, 0.25) is 0 Å². The highest BCUT2D eigenvalue weighted by molar-refractivity contribution is 14.0. The van der Waals surface area contributed by atoms with E-state index < -0.39 is 0 Å². The Labute approximate surface area is 180 Å². The van der Waals surface area contributed by atoms with Crippen LogP contribution < -0.4 is 20.7 Å². The summed E-state index contributed by atoms with van der Waals surface area (Å²) in [4.78, 5) is 16.8. The Morgan fingerprint density at radius 2 is 2.00 bits per heavy atom. The predicted octanol–water partition coefficient (Wildman–Crippen LogP) is 2.65. The number of rotatable bonds is 7. The summed E-state index contributed by atoms with van der Waals surface area (Å²) < 4.78 is 5.91. The van der Waals surface area contributed by atoms with Gasteiger partial charge in [0.05, 0.1) is 11.4 Å². The van der Waals surface area contributed by atoms with E-state index in [-0.39, 0.29) is 36.0 Å². The number of thiophene rings is 1. The summed E-state index contributed by atoms with van der Waals surface area (Å²) in [6, 6.07) is 11.8. The Hall–Kier alpha value is -1.81. The third-order valence-electron chi connectivity index (χ3n) is 4.11. The van der Waals surface area contributed by atoms with Crippen molar-refractivity contribution in [3.05, 3.63) is 52.2 Å². The van der Waals surface area contributed by atoms with Crippen LogP contribution in [0, 0.1) is 0 Å². The van der Waals surface area contributed by atoms with Crippen molar-refractivity contribution >= 4 is 47.2 Å². The molecule has 1 amide bonds. The van der Waals surface area contributed by atoms with Gasteiger partial charge < -0.3 is 20.7 Å². The highest BCUT2D eigenvalue weighted by Gasteiger charge is 2.22. The highest BCUT2D eigenvalue weighted by Crippen LogP contribution is 2.27. The molecule has 0 fully saturated rings. The number of ether oxygens (including phenoxy) is 1. The fourth-order valence-corrected chi connectivity index (χ4v) is 3.43. The summed E-state index contributed by atoms with van der Waals surface area (Å²) in [6.07, 6.45) is 1.86. The molecule has 0 aliphatic carbocycles. The average molecular weight is 500 g/mol. The molecule has 1 aromatic carbocycles. The summed E-state index contributed by atoms with van der Waals surface area (Å²) in [5.74, 6) is 1.71. The van der Waals surface area contributed by atoms with Crippen molar-refractivity contribution in [2.45, 2.75) is 18.9 Å². The SMILES string of the molecule is CN=C(NCCCNC(=O)c1cccs1)NCC1Cc2ccccc2O1.I. The Kier molecular flexibility index (Phi) is 8.86. The second-order valence-corrected chi connectivity index (χ2v) is 6.97. The fourth-order valence-electron chi connectivity index (χ4n) is 2.79. The van der Waals surface area contributed by atoms with E-state index in [9.17, 15) is 4.79 Å². The third kappa shape index (κ3) is 6.39. The number of hydrogen-bond acceptors (Lipinski definition) is 4. The molecule has 0 saturated heterocycles. The van der Waals surface area contributed by atoms with E-state index in [0.29, 0.717) is 13.1 Å². The molecule has 0 bridgehead atoms. The number of halogens is 1. The zero-order valence-electron chi connectivity index (χ0n) is 15.2. The smallest absolute Gasteiger partial charge is 0.261 e. The van der Waals surface area contributed by atoms with Crippen molar-refractivity contribution in [2.24, 2.45) is 4.99 Å². The normalized spacial score (nSPS) is 15.3. The van der Waals surface area contributed by atoms with E-state index in [0.717, 1.165) is 36.0 Å². The number of aliphatic imine (C=N–C) groups is 1. The zero-order chi connectivity index (χ0) is 18.2. The van der Waals surface area contributed by atoms with Crippen molar-refractivity contribution < 1.29 is 9.53 Å². The molecule has 1 aliphatic rings. The molecule has 1 unspecified atom stereocenters. The Morgan fingerprint density at radius 1 is 1.19 bits per heavy atom. The van der Waals surface area contributed by atoms with Crippen LogP contribution in [0.3, 0.4) is 0 Å². The standard InChI is InChI=1S/C19H24N4O2S.HI/c1-20-19(22-10-5-9-21-18(24)17-8-4-11-26-17)23-13-15-12-14-6-2-3-7-16(14)25-15;/h2-4,6-8,11,15H,5,9-10,12-13H2,1H3,(H,21,24)(H2,20,22,23);1H. The van der Waals surface area contributed by atoms with E-state index in [1.807, 2.05) is 35.7 Å². The van der Waals surface area contributed by atoms with Crippen molar-refractivity contribution in [1.29, 1.82) is 0 Å². The lowest BCUT2D eigenvalue weighted by Crippen LogP contribution is -2.43. The molecule has 3 N–H and O–H groups in total. The number of amides is 1. The minimum Gasteiger partial charge on any atom is -0.488 e. The van der Waals surface area contributed by atoms with Crippen molar-refractivity contribution in [1.82, 2.24) is 16.0 Å². The molecular formula is C19H25IN4O2S. The number of para-hydroxylation sites is 1. The van der Waals surface area contributed by atoms with Gasteiger partial charge in [-0.1, -0.05) is 24.3 Å². The number of carbonyl (C=O) groups excluding carboxylic acids is 1. The molecule has 1 aliphatic heterocycles. The Balaban J connectivity index is 0.00000261. The van der Waals surface area contributed by atoms with E-state index in [1.54, 1.807) is 7.05 Å². The first-order valence-corrected chi connectivity index (χ1v) is 9.65. The van der Waals surface area contributed by atoms with Gasteiger partial charge >= 0.3 is 0 Å². The lowest BCUT2D eigenvalue weighted by Gasteiger charge is -2.15. The van der Waals surface area contributed by atoms with Gasteiger partial charge in [0.15, 0.2) is 5.96 Å². The van der Waals surface area contributed by atoms with E-state index in [4.69, 9.17) is 4.74 Å². The molecule has 2 aromatic rings. The van der Waals surface area contributed by atoms with Crippen molar-refractivity contribution in [2.75, 3.05) is 26.7 Å². The highest BCUT2D eigenvalue weighted by atomic mass is 127. The monoisotopic (exact) mass is 500 g/mol. The minimum absolute atomic E-state index is 0. The number of guanidine groups is 1. The van der Waals surface area contributed by atoms with Gasteiger partial charge in [-0.15, -0.1) is 35.3 Å². The molecule has 2 heterocycles. The van der Waals surface area contributed by atoms with E-state index >= 15 is 0 Å². The van der Waals surface area contributed by atoms with Gasteiger partial charge in [-0.2, -0.15) is 0 Å². The van der Waals surface area contributed by atoms with Crippen LogP contribution in [-0.2, 0) is 6.42 Å². The summed E-state index contributed by atoms with van der Waals surface area (Å²) in [5.41, 5.74) is 1.25. The molecule has 27 heavy (non-hydrogen) atoms. The number of fused-ring (bicyclic) bond motifs is 1. The number of nitrogens with one attached hydrogen (secondary N) is 3. The second kappa shape index (κ2) is 11.1. The van der Waals surface area contributed by atoms with E-state index in [1.165, 1.54) is 16.9 Å². The Morgan fingerprint density at radius 3 is 2.74 bits per heavy atom. The number of nitrogens with zero attached hydrogens (tertiary/aromatic N) is 1. The summed E-state index contributed by atoms with van der Waals surface area (Å²) in [7, 11) is 1.75. The molecule has 8 heteroatoms. The molecule has 0 radical (unpaired) electrons. The number of carbonyl (C=O) groups is 1. The lowest BCUT2D eigenvalue weighted by atomic mass is 10.1. The average Bonchev–Trinajstić information content (AvgIpc) is 3.33. The van der Waals surface area contributed by atoms with Gasteiger partial charge in [0.2, 0.25) is 0 Å². The molecule has 3 rings (SSSR count). The third-order valence-corrected chi connectivity index (χ3v) is 4.98. The van der Waals surface area contributed by atoms with Crippen LogP contribution >= 0.6 is 35.3 Å². The van der Waals surface area contributed by atoms with Crippen LogP contribution in [0.5, 0.6) is 5.75 Å². The van der Waals surface area contributed by atoms with Crippen LogP contribution in [-0.4, -0.2) is 44.7 Å². The fraction of sp³-hybridized carbons (Fsp3) is 0.368. The predicted molar refractivity (Wildman–Crippen MR) is 121 cm³/mol. The van der Waals surface area contributed by atoms with Crippen molar-refractivity contribution in [3.63, 3.8) is 0 Å². The second-order valence-electron chi connectivity index (χ2n) is 6.02. The summed E-state index contributed by atoms with van der Waals surface area (Å²) >= 11 is 1.45. The van der Waals surface area contributed by atoms with Gasteiger partial charge in [-0.25, -0.2) is 0 Å². The van der Waals surface area contributed by atoms with Gasteiger partial charge in [0.1, 0.15) is 11.9 Å². The maximum atomic E-state index is 11.8. The first kappa shape index (κ1) is 21.5. The van der Waals surface area contributed by atoms with Gasteiger partial charge in [0, 0.05) is 26.6 Å². The molecule has 6 nitrogen and oxygen atoms in total. The maximum absolute atomic E-state index is 11.8. The van der Waals surface area contributed by atoms with E-state index in [2.05, 4.69) is 27.0 Å². The van der Waals surface area contributed by atoms with Gasteiger partial charge in [-0.05, 0) is 29.5 Å². The molecule has 146 valence electrons. The van der Waals surface area contributed by atoms with Gasteiger partial charge in [-0.3, -0.25) is 9.79 Å². The lowest BCUT2D eigenvalue weighted by molar-refractivity contribution is 0.0957. The zero-order valence-corrected chi connectivity index (χ0v) is 18.4. The first-order chi connectivity index (χ1) is 12.8. The first-order valence-electron chi connectivity index (χ1n) is 8.77. The summed E-state index contributed by atoms with van der Waals surface area (Å²) in [6.45, 7) is 2.06. The molecule has 1 atom stereocenters. The van der Waals surface area contributed by atoms with Crippen LogP contribution in [0.25, 0.3) is 0 Å². The molecule has 1 aromatic heterocycles. The van der Waals surface area contributed by atoms with Gasteiger partial charge in [0.25, 0.3) is 5.91 Å².